The monoisotopic (exact) mass is 897 g/mol. The fourth-order valence-electron chi connectivity index (χ4n) is 13.4. The average molecular weight is 898 g/mol. The van der Waals surface area contributed by atoms with Crippen molar-refractivity contribution in [1.29, 1.82) is 0 Å². The first-order valence-electron chi connectivity index (χ1n) is 24.5. The van der Waals surface area contributed by atoms with Gasteiger partial charge in [0.1, 0.15) is 0 Å². The van der Waals surface area contributed by atoms with Crippen molar-refractivity contribution < 1.29 is 0 Å². The van der Waals surface area contributed by atoms with Crippen LogP contribution in [0, 0.1) is 41.5 Å². The van der Waals surface area contributed by atoms with Crippen molar-refractivity contribution in [2.45, 2.75) is 41.5 Å². The number of nitrogens with zero attached hydrogens (tertiary/aromatic N) is 1. The van der Waals surface area contributed by atoms with Crippen LogP contribution in [0.5, 0.6) is 0 Å². The van der Waals surface area contributed by atoms with Crippen LogP contribution in [0.4, 0.5) is 0 Å². The molecule has 13 rings (SSSR count). The summed E-state index contributed by atoms with van der Waals surface area (Å²) < 4.78 is 2.51. The molecule has 1 atom stereocenters. The highest BCUT2D eigenvalue weighted by atomic mass is 28.3. The van der Waals surface area contributed by atoms with Gasteiger partial charge in [-0.15, -0.1) is 0 Å². The smallest absolute Gasteiger partial charge is 0.242 e. The van der Waals surface area contributed by atoms with Crippen LogP contribution in [-0.2, 0) is 0 Å². The first-order valence-corrected chi connectivity index (χ1v) is 26.5. The molecule has 0 fully saturated rings. The number of benzene rings is 10. The Balaban J connectivity index is 1.08. The molecule has 1 unspecified atom stereocenters. The number of para-hydroxylation sites is 3. The van der Waals surface area contributed by atoms with Crippen molar-refractivity contribution in [3.63, 3.8) is 0 Å². The molecule has 0 saturated heterocycles. The molecule has 0 saturated carbocycles. The Labute approximate surface area is 407 Å². The topological polar surface area (TPSA) is 4.93 Å². The third kappa shape index (κ3) is 5.96. The summed E-state index contributed by atoms with van der Waals surface area (Å²) in [5.41, 5.74) is 26.5. The van der Waals surface area contributed by atoms with Gasteiger partial charge in [-0.05, 0) is 119 Å². The maximum Gasteiger partial charge on any atom is 0.242 e. The van der Waals surface area contributed by atoms with Gasteiger partial charge in [0.25, 0.3) is 0 Å². The Morgan fingerprint density at radius 1 is 0.362 bits per heavy atom. The van der Waals surface area contributed by atoms with Gasteiger partial charge in [-0.2, -0.15) is 0 Å². The third-order valence-corrected chi connectivity index (χ3v) is 20.8. The minimum atomic E-state index is -3.02. The lowest BCUT2D eigenvalue weighted by Gasteiger charge is -2.31. The highest BCUT2D eigenvalue weighted by Crippen LogP contribution is 2.44. The molecule has 2 aliphatic rings. The molecular weight excluding hydrogens is 846 g/mol. The molecular formula is C66H52BNSi. The van der Waals surface area contributed by atoms with Crippen LogP contribution >= 0.6 is 0 Å². The molecule has 3 heteroatoms. The molecule has 0 amide bonds. The van der Waals surface area contributed by atoms with Gasteiger partial charge in [-0.25, -0.2) is 0 Å². The second-order valence-electron chi connectivity index (χ2n) is 19.9. The molecule has 0 N–H and O–H groups in total. The highest BCUT2D eigenvalue weighted by molar-refractivity contribution is 7.25. The number of hydrogen-bond donors (Lipinski definition) is 0. The minimum Gasteiger partial charge on any atom is -0.309 e. The van der Waals surface area contributed by atoms with E-state index in [1.54, 1.807) is 0 Å². The molecule has 1 aromatic heterocycles. The lowest BCUT2D eigenvalue weighted by molar-refractivity contribution is 1.18. The Morgan fingerprint density at radius 2 is 0.797 bits per heavy atom. The SMILES string of the molecule is Cc1cc(C)c(B(c2ccc(-c3cccc4c3[Si]3(c5ccccc5-4)c4ccccc4-c4cccc(-c5cccc6c7ccccc7n(-c7ccccc7)c56)c43)cc2)c2c(C)cc(C)cc2C)c(C)c1. The lowest BCUT2D eigenvalue weighted by atomic mass is 9.34. The summed E-state index contributed by atoms with van der Waals surface area (Å²) in [6.07, 6.45) is 0. The third-order valence-electron chi connectivity index (χ3n) is 15.7. The van der Waals surface area contributed by atoms with Crippen LogP contribution in [0.3, 0.4) is 0 Å². The average Bonchev–Trinajstić information content (AvgIpc) is 3.98. The molecule has 1 spiro atoms. The van der Waals surface area contributed by atoms with E-state index in [-0.39, 0.29) is 6.71 Å². The Hall–Kier alpha value is -7.72. The van der Waals surface area contributed by atoms with Crippen LogP contribution in [-0.4, -0.2) is 19.4 Å². The van der Waals surface area contributed by atoms with Crippen LogP contribution in [0.25, 0.3) is 72.0 Å². The van der Waals surface area contributed by atoms with E-state index in [0.29, 0.717) is 0 Å². The van der Waals surface area contributed by atoms with Gasteiger partial charge in [0.2, 0.25) is 6.71 Å². The van der Waals surface area contributed by atoms with Crippen molar-refractivity contribution >= 4 is 73.7 Å². The van der Waals surface area contributed by atoms with E-state index >= 15 is 0 Å². The number of aromatic nitrogens is 1. The van der Waals surface area contributed by atoms with Crippen molar-refractivity contribution in [2.75, 3.05) is 0 Å². The molecule has 69 heavy (non-hydrogen) atoms. The van der Waals surface area contributed by atoms with Gasteiger partial charge >= 0.3 is 0 Å². The summed E-state index contributed by atoms with van der Waals surface area (Å²) in [6, 6.07) is 79.2. The molecule has 10 aromatic carbocycles. The maximum absolute atomic E-state index is 3.02. The summed E-state index contributed by atoms with van der Waals surface area (Å²) in [7, 11) is -3.02. The van der Waals surface area contributed by atoms with E-state index in [2.05, 4.69) is 252 Å². The second-order valence-corrected chi connectivity index (χ2v) is 23.4. The standard InChI is InChI=1S/C66H52BNSi/c1-41-37-43(3)62(44(4)38-41)67(63-45(5)39-42(2)40-46(63)6)48-35-33-47(34-36-48)50-24-16-27-56-52-22-11-14-31-60(52)69(65(50)56)61-32-15-12-23-53(61)57-28-18-29-58(66(57)69)55-26-17-25-54-51-21-10-13-30-59(51)68(64(54)55)49-19-8-7-9-20-49/h7-40H,1-6H3. The van der Waals surface area contributed by atoms with E-state index in [1.807, 2.05) is 0 Å². The molecule has 3 heterocycles. The van der Waals surface area contributed by atoms with Crippen LogP contribution < -0.4 is 37.1 Å². The predicted molar refractivity (Wildman–Crippen MR) is 299 cm³/mol. The van der Waals surface area contributed by atoms with Gasteiger partial charge in [0.05, 0.1) is 11.0 Å². The minimum absolute atomic E-state index is 0.108. The van der Waals surface area contributed by atoms with Crippen LogP contribution in [0.2, 0.25) is 0 Å². The zero-order chi connectivity index (χ0) is 46.7. The summed E-state index contributed by atoms with van der Waals surface area (Å²) >= 11 is 0. The number of fused-ring (bicyclic) bond motifs is 13. The zero-order valence-electron chi connectivity index (χ0n) is 40.2. The molecule has 0 aliphatic carbocycles. The Bertz CT molecular complexity index is 3800. The van der Waals surface area contributed by atoms with E-state index in [4.69, 9.17) is 0 Å². The molecule has 0 radical (unpaired) electrons. The second kappa shape index (κ2) is 15.7. The number of aryl methyl sites for hydroxylation is 6. The summed E-state index contributed by atoms with van der Waals surface area (Å²) in [5, 5.41) is 8.50. The Kier molecular flexibility index (Phi) is 9.42. The van der Waals surface area contributed by atoms with Gasteiger partial charge in [-0.3, -0.25) is 0 Å². The van der Waals surface area contributed by atoms with Crippen molar-refractivity contribution in [1.82, 2.24) is 4.57 Å². The van der Waals surface area contributed by atoms with Crippen molar-refractivity contribution in [2.24, 2.45) is 0 Å². The predicted octanol–water partition coefficient (Wildman–Crippen LogP) is 11.8. The molecule has 1 nitrogen and oxygen atoms in total. The molecule has 0 bridgehead atoms. The summed E-state index contributed by atoms with van der Waals surface area (Å²) in [5.74, 6) is 0. The fourth-order valence-corrected chi connectivity index (χ4v) is 19.5. The van der Waals surface area contributed by atoms with Crippen LogP contribution in [0.15, 0.2) is 206 Å². The summed E-state index contributed by atoms with van der Waals surface area (Å²) in [4.78, 5) is 0. The van der Waals surface area contributed by atoms with Gasteiger partial charge in [-0.1, -0.05) is 238 Å². The molecule has 11 aromatic rings. The number of hydrogen-bond acceptors (Lipinski definition) is 0. The Morgan fingerprint density at radius 3 is 1.39 bits per heavy atom. The van der Waals surface area contributed by atoms with E-state index in [0.717, 1.165) is 0 Å². The van der Waals surface area contributed by atoms with Gasteiger partial charge in [0.15, 0.2) is 8.07 Å². The lowest BCUT2D eigenvalue weighted by Crippen LogP contribution is -2.71. The van der Waals surface area contributed by atoms with E-state index in [9.17, 15) is 0 Å². The maximum atomic E-state index is 2.51. The first-order chi connectivity index (χ1) is 33.7. The largest absolute Gasteiger partial charge is 0.309 e. The highest BCUT2D eigenvalue weighted by Gasteiger charge is 2.56. The number of rotatable bonds is 6. The van der Waals surface area contributed by atoms with Crippen molar-refractivity contribution in [3.05, 3.63) is 240 Å². The first kappa shape index (κ1) is 41.5. The van der Waals surface area contributed by atoms with Crippen LogP contribution in [0.1, 0.15) is 33.4 Å². The van der Waals surface area contributed by atoms with Gasteiger partial charge < -0.3 is 4.57 Å². The zero-order valence-corrected chi connectivity index (χ0v) is 41.2. The van der Waals surface area contributed by atoms with Gasteiger partial charge in [0, 0.05) is 22.0 Å². The fraction of sp³-hybridized carbons (Fsp3) is 0.0909. The van der Waals surface area contributed by atoms with E-state index in [1.165, 1.54) is 143 Å². The quantitative estimate of drug-likeness (QED) is 0.147. The summed E-state index contributed by atoms with van der Waals surface area (Å²) in [6.45, 7) is 13.8. The molecule has 328 valence electrons. The normalized spacial score (nSPS) is 14.3. The van der Waals surface area contributed by atoms with E-state index < -0.39 is 8.07 Å². The van der Waals surface area contributed by atoms with Crippen molar-refractivity contribution in [3.8, 4) is 50.2 Å². The molecule has 2 aliphatic heterocycles.